The molecule has 20 heavy (non-hydrogen) atoms. The van der Waals surface area contributed by atoms with Crippen molar-refractivity contribution in [3.63, 3.8) is 0 Å². The van der Waals surface area contributed by atoms with Crippen LogP contribution in [0.1, 0.15) is 18.5 Å². The van der Waals surface area contributed by atoms with Gasteiger partial charge in [-0.05, 0) is 25.0 Å². The van der Waals surface area contributed by atoms with Gasteiger partial charge in [0.1, 0.15) is 0 Å². The number of sulfonamides is 1. The number of carbonyl (C=O) groups is 1. The van der Waals surface area contributed by atoms with E-state index in [4.69, 9.17) is 9.84 Å². The molecule has 2 heterocycles. The van der Waals surface area contributed by atoms with Gasteiger partial charge in [-0.1, -0.05) is 0 Å². The number of ether oxygens (including phenoxy) is 1. The zero-order valence-electron chi connectivity index (χ0n) is 10.8. The Hall–Kier alpha value is -1.67. The number of anilines is 1. The molecule has 110 valence electrons. The van der Waals surface area contributed by atoms with Crippen molar-refractivity contribution < 1.29 is 23.1 Å². The minimum Gasteiger partial charge on any atom is -0.481 e. The van der Waals surface area contributed by atoms with Gasteiger partial charge in [-0.15, -0.1) is 0 Å². The second-order valence-corrected chi connectivity index (χ2v) is 6.39. The van der Waals surface area contributed by atoms with Crippen LogP contribution in [0.4, 0.5) is 5.69 Å². The van der Waals surface area contributed by atoms with E-state index in [1.807, 2.05) is 0 Å². The molecule has 0 radical (unpaired) electrons. The van der Waals surface area contributed by atoms with Crippen LogP contribution in [0.15, 0.2) is 18.3 Å². The second kappa shape index (κ2) is 6.19. The van der Waals surface area contributed by atoms with Crippen molar-refractivity contribution in [3.8, 4) is 0 Å². The lowest BCUT2D eigenvalue weighted by Gasteiger charge is -2.12. The molecule has 2 N–H and O–H groups in total. The SMILES string of the molecule is O=C(O)Cc1ccc(NS(=O)(=O)CC2CCCO2)cn1. The van der Waals surface area contributed by atoms with Crippen LogP contribution in [0.3, 0.4) is 0 Å². The van der Waals surface area contributed by atoms with Crippen molar-refractivity contribution in [3.05, 3.63) is 24.0 Å². The fourth-order valence-corrected chi connectivity index (χ4v) is 3.30. The molecule has 7 nitrogen and oxygen atoms in total. The number of hydrogen-bond acceptors (Lipinski definition) is 5. The molecule has 0 amide bonds. The van der Waals surface area contributed by atoms with Gasteiger partial charge in [-0.25, -0.2) is 8.42 Å². The normalized spacial score (nSPS) is 18.9. The minimum atomic E-state index is -3.49. The summed E-state index contributed by atoms with van der Waals surface area (Å²) in [5.74, 6) is -1.06. The molecule has 1 atom stereocenters. The van der Waals surface area contributed by atoms with E-state index in [0.717, 1.165) is 12.8 Å². The van der Waals surface area contributed by atoms with Gasteiger partial charge >= 0.3 is 5.97 Å². The van der Waals surface area contributed by atoms with E-state index >= 15 is 0 Å². The minimum absolute atomic E-state index is 0.0795. The Balaban J connectivity index is 1.96. The molecule has 2 rings (SSSR count). The van der Waals surface area contributed by atoms with Gasteiger partial charge < -0.3 is 9.84 Å². The van der Waals surface area contributed by atoms with Crippen LogP contribution in [0.25, 0.3) is 0 Å². The molecule has 1 saturated heterocycles. The molecule has 0 aliphatic carbocycles. The van der Waals surface area contributed by atoms with E-state index in [2.05, 4.69) is 9.71 Å². The molecule has 1 aliphatic heterocycles. The third kappa shape index (κ3) is 4.46. The van der Waals surface area contributed by atoms with E-state index in [1.54, 1.807) is 0 Å². The first-order valence-electron chi connectivity index (χ1n) is 6.23. The Morgan fingerprint density at radius 1 is 1.50 bits per heavy atom. The van der Waals surface area contributed by atoms with Gasteiger partial charge in [-0.3, -0.25) is 14.5 Å². The fraction of sp³-hybridized carbons (Fsp3) is 0.500. The Kier molecular flexibility index (Phi) is 4.56. The number of nitrogens with one attached hydrogen (secondary N) is 1. The summed E-state index contributed by atoms with van der Waals surface area (Å²) in [6.45, 7) is 0.603. The Bertz CT molecular complexity index is 564. The molecular formula is C12H16N2O5S. The molecule has 1 fully saturated rings. The van der Waals surface area contributed by atoms with Gasteiger partial charge in [0, 0.05) is 6.61 Å². The summed E-state index contributed by atoms with van der Waals surface area (Å²) in [6, 6.07) is 2.98. The van der Waals surface area contributed by atoms with E-state index in [1.165, 1.54) is 18.3 Å². The standard InChI is InChI=1S/C12H16N2O5S/c15-12(16)6-9-3-4-10(7-13-9)14-20(17,18)8-11-2-1-5-19-11/h3-4,7,11,14H,1-2,5-6,8H2,(H,15,16). The third-order valence-electron chi connectivity index (χ3n) is 2.86. The number of rotatable bonds is 6. The number of aromatic nitrogens is 1. The average molecular weight is 300 g/mol. The van der Waals surface area contributed by atoms with Gasteiger partial charge in [-0.2, -0.15) is 0 Å². The number of pyridine rings is 1. The maximum absolute atomic E-state index is 11.9. The third-order valence-corrected chi connectivity index (χ3v) is 4.22. The molecule has 0 saturated carbocycles. The zero-order valence-corrected chi connectivity index (χ0v) is 11.6. The lowest BCUT2D eigenvalue weighted by molar-refractivity contribution is -0.136. The summed E-state index contributed by atoms with van der Waals surface area (Å²) >= 11 is 0. The summed E-state index contributed by atoms with van der Waals surface area (Å²) in [5, 5.41) is 8.62. The summed E-state index contributed by atoms with van der Waals surface area (Å²) in [7, 11) is -3.49. The first-order valence-corrected chi connectivity index (χ1v) is 7.89. The Morgan fingerprint density at radius 2 is 2.30 bits per heavy atom. The van der Waals surface area contributed by atoms with Gasteiger partial charge in [0.05, 0.1) is 35.9 Å². The predicted octanol–water partition coefficient (Wildman–Crippen LogP) is 0.629. The largest absolute Gasteiger partial charge is 0.481 e. The number of hydrogen-bond donors (Lipinski definition) is 2. The van der Waals surface area contributed by atoms with E-state index in [0.29, 0.717) is 18.0 Å². The first-order chi connectivity index (χ1) is 9.44. The molecule has 0 aromatic carbocycles. The quantitative estimate of drug-likeness (QED) is 0.798. The van der Waals surface area contributed by atoms with Crippen molar-refractivity contribution in [2.75, 3.05) is 17.1 Å². The molecule has 1 aromatic rings. The average Bonchev–Trinajstić information content (AvgIpc) is 2.82. The van der Waals surface area contributed by atoms with E-state index < -0.39 is 16.0 Å². The molecular weight excluding hydrogens is 284 g/mol. The highest BCUT2D eigenvalue weighted by atomic mass is 32.2. The smallest absolute Gasteiger partial charge is 0.309 e. The van der Waals surface area contributed by atoms with Crippen molar-refractivity contribution in [2.24, 2.45) is 0 Å². The van der Waals surface area contributed by atoms with Crippen molar-refractivity contribution in [1.29, 1.82) is 0 Å². The number of carboxylic acids is 1. The number of nitrogens with zero attached hydrogens (tertiary/aromatic N) is 1. The van der Waals surface area contributed by atoms with E-state index in [9.17, 15) is 13.2 Å². The van der Waals surface area contributed by atoms with Crippen LogP contribution >= 0.6 is 0 Å². The highest BCUT2D eigenvalue weighted by Gasteiger charge is 2.23. The number of carboxylic acid groups (broad SMARTS) is 1. The number of aliphatic carboxylic acids is 1. The summed E-state index contributed by atoms with van der Waals surface area (Å²) in [4.78, 5) is 14.4. The van der Waals surface area contributed by atoms with Crippen LogP contribution in [0.5, 0.6) is 0 Å². The first kappa shape index (κ1) is 14.7. The molecule has 8 heteroatoms. The predicted molar refractivity (Wildman–Crippen MR) is 72.0 cm³/mol. The lowest BCUT2D eigenvalue weighted by Crippen LogP contribution is -2.25. The monoisotopic (exact) mass is 300 g/mol. The van der Waals surface area contributed by atoms with Crippen LogP contribution in [0.2, 0.25) is 0 Å². The molecule has 1 aliphatic rings. The molecule has 0 spiro atoms. The van der Waals surface area contributed by atoms with Crippen LogP contribution < -0.4 is 4.72 Å². The van der Waals surface area contributed by atoms with Gasteiger partial charge in [0.25, 0.3) is 0 Å². The fourth-order valence-electron chi connectivity index (χ4n) is 1.99. The van der Waals surface area contributed by atoms with Crippen molar-refractivity contribution in [1.82, 2.24) is 4.98 Å². The molecule has 1 unspecified atom stereocenters. The van der Waals surface area contributed by atoms with Crippen molar-refractivity contribution in [2.45, 2.75) is 25.4 Å². The zero-order chi connectivity index (χ0) is 14.6. The maximum atomic E-state index is 11.9. The second-order valence-electron chi connectivity index (χ2n) is 4.63. The Morgan fingerprint density at radius 3 is 2.85 bits per heavy atom. The van der Waals surface area contributed by atoms with Crippen LogP contribution in [-0.4, -0.2) is 42.9 Å². The topological polar surface area (TPSA) is 106 Å². The van der Waals surface area contributed by atoms with Crippen LogP contribution in [-0.2, 0) is 26.0 Å². The highest BCUT2D eigenvalue weighted by molar-refractivity contribution is 7.92. The van der Waals surface area contributed by atoms with E-state index in [-0.39, 0.29) is 18.3 Å². The molecule has 1 aromatic heterocycles. The summed E-state index contributed by atoms with van der Waals surface area (Å²) < 4.78 is 31.5. The van der Waals surface area contributed by atoms with Gasteiger partial charge in [0.15, 0.2) is 0 Å². The highest BCUT2D eigenvalue weighted by Crippen LogP contribution is 2.16. The maximum Gasteiger partial charge on any atom is 0.309 e. The lowest BCUT2D eigenvalue weighted by atomic mass is 10.3. The summed E-state index contributed by atoms with van der Waals surface area (Å²) in [6.07, 6.45) is 2.49. The van der Waals surface area contributed by atoms with Gasteiger partial charge in [0.2, 0.25) is 10.0 Å². The van der Waals surface area contributed by atoms with Crippen molar-refractivity contribution >= 4 is 21.7 Å². The van der Waals surface area contributed by atoms with Crippen LogP contribution in [0, 0.1) is 0 Å². The molecule has 0 bridgehead atoms. The summed E-state index contributed by atoms with van der Waals surface area (Å²) in [5.41, 5.74) is 0.691. The Labute approximate surface area is 117 Å².